The van der Waals surface area contributed by atoms with Gasteiger partial charge >= 0.3 is 5.97 Å². The molecule has 0 aliphatic heterocycles. The average Bonchev–Trinajstić information content (AvgIpc) is 3.13. The van der Waals surface area contributed by atoms with E-state index in [1.807, 2.05) is 6.92 Å². The van der Waals surface area contributed by atoms with Gasteiger partial charge in [0.05, 0.1) is 12.0 Å². The van der Waals surface area contributed by atoms with Gasteiger partial charge in [0.2, 0.25) is 10.1 Å². The molecule has 22 heavy (non-hydrogen) atoms. The van der Waals surface area contributed by atoms with Crippen molar-refractivity contribution >= 4 is 27.4 Å². The third-order valence-electron chi connectivity index (χ3n) is 4.02. The summed E-state index contributed by atoms with van der Waals surface area (Å²) in [6.07, 6.45) is 5.17. The Morgan fingerprint density at radius 2 is 2.27 bits per heavy atom. The van der Waals surface area contributed by atoms with Crippen molar-refractivity contribution < 1.29 is 9.53 Å². The minimum Gasteiger partial charge on any atom is -0.466 e. The van der Waals surface area contributed by atoms with E-state index >= 15 is 0 Å². The molecule has 2 aromatic rings. The molecule has 1 aliphatic carbocycles. The Bertz CT molecular complexity index is 733. The molecule has 1 fully saturated rings. The van der Waals surface area contributed by atoms with Crippen LogP contribution in [0.3, 0.4) is 0 Å². The topological polar surface area (TPSA) is 85.6 Å². The summed E-state index contributed by atoms with van der Waals surface area (Å²) >= 11 is 1.30. The van der Waals surface area contributed by atoms with Crippen LogP contribution in [0, 0.1) is 5.41 Å². The van der Waals surface area contributed by atoms with Crippen LogP contribution in [0.2, 0.25) is 0 Å². The van der Waals surface area contributed by atoms with Gasteiger partial charge in [-0.3, -0.25) is 9.59 Å². The highest BCUT2D eigenvalue weighted by Crippen LogP contribution is 2.39. The number of nitrogens with one attached hydrogen (secondary N) is 1. The van der Waals surface area contributed by atoms with Gasteiger partial charge in [0.25, 0.3) is 5.56 Å². The van der Waals surface area contributed by atoms with Crippen molar-refractivity contribution in [1.82, 2.24) is 14.6 Å². The van der Waals surface area contributed by atoms with Crippen LogP contribution in [-0.2, 0) is 9.53 Å². The minimum absolute atomic E-state index is 0.142. The standard InChI is InChI=1S/C14H18N4O3S/c1-2-21-11(20)14(6-3-4-7-14)9-16-12-17-18-10(19)5-8-15-13(18)22-12/h5,8H,2-4,6-7,9H2,1H3,(H,16,17). The summed E-state index contributed by atoms with van der Waals surface area (Å²) in [5.41, 5.74) is -0.693. The highest BCUT2D eigenvalue weighted by atomic mass is 32.1. The van der Waals surface area contributed by atoms with E-state index in [1.54, 1.807) is 0 Å². The van der Waals surface area contributed by atoms with E-state index in [9.17, 15) is 9.59 Å². The lowest BCUT2D eigenvalue weighted by Crippen LogP contribution is -2.37. The molecule has 0 amide bonds. The predicted molar refractivity (Wildman–Crippen MR) is 83.2 cm³/mol. The fourth-order valence-corrected chi connectivity index (χ4v) is 3.62. The zero-order valence-electron chi connectivity index (χ0n) is 12.4. The van der Waals surface area contributed by atoms with Gasteiger partial charge in [-0.15, -0.1) is 5.10 Å². The van der Waals surface area contributed by atoms with Gasteiger partial charge in [-0.1, -0.05) is 24.2 Å². The monoisotopic (exact) mass is 322 g/mol. The van der Waals surface area contributed by atoms with E-state index in [-0.39, 0.29) is 11.5 Å². The molecule has 3 rings (SSSR count). The Kier molecular flexibility index (Phi) is 4.10. The van der Waals surface area contributed by atoms with Crippen molar-refractivity contribution in [2.24, 2.45) is 5.41 Å². The van der Waals surface area contributed by atoms with Crippen LogP contribution >= 0.6 is 11.3 Å². The Morgan fingerprint density at radius 3 is 2.95 bits per heavy atom. The van der Waals surface area contributed by atoms with Crippen LogP contribution in [0.5, 0.6) is 0 Å². The normalized spacial score (nSPS) is 16.8. The van der Waals surface area contributed by atoms with Crippen molar-refractivity contribution in [3.8, 4) is 0 Å². The predicted octanol–water partition coefficient (Wildman–Crippen LogP) is 1.69. The summed E-state index contributed by atoms with van der Waals surface area (Å²) in [5, 5.41) is 7.99. The van der Waals surface area contributed by atoms with Gasteiger partial charge in [-0.2, -0.15) is 4.52 Å². The number of carbonyl (C=O) groups excluding carboxylic acids is 1. The van der Waals surface area contributed by atoms with Crippen LogP contribution in [-0.4, -0.2) is 33.7 Å². The first-order valence-corrected chi connectivity index (χ1v) is 8.22. The molecule has 0 radical (unpaired) electrons. The molecule has 1 aliphatic rings. The van der Waals surface area contributed by atoms with Gasteiger partial charge in [0.15, 0.2) is 0 Å². The third-order valence-corrected chi connectivity index (χ3v) is 4.90. The van der Waals surface area contributed by atoms with Crippen LogP contribution in [0.1, 0.15) is 32.6 Å². The lowest BCUT2D eigenvalue weighted by atomic mass is 9.86. The van der Waals surface area contributed by atoms with Crippen LogP contribution in [0.15, 0.2) is 17.1 Å². The fraction of sp³-hybridized carbons (Fsp3) is 0.571. The average molecular weight is 322 g/mol. The van der Waals surface area contributed by atoms with E-state index < -0.39 is 5.41 Å². The molecule has 0 spiro atoms. The molecule has 1 saturated carbocycles. The Labute approximate surface area is 131 Å². The fourth-order valence-electron chi connectivity index (χ4n) is 2.85. The molecule has 0 atom stereocenters. The number of ether oxygens (including phenoxy) is 1. The summed E-state index contributed by atoms with van der Waals surface area (Å²) in [6, 6.07) is 1.37. The molecule has 118 valence electrons. The molecule has 1 N–H and O–H groups in total. The molecule has 2 heterocycles. The van der Waals surface area contributed by atoms with Crippen molar-refractivity contribution in [3.05, 3.63) is 22.6 Å². The number of hydrogen-bond acceptors (Lipinski definition) is 7. The quantitative estimate of drug-likeness (QED) is 0.843. The number of anilines is 1. The summed E-state index contributed by atoms with van der Waals surface area (Å²) in [6.45, 7) is 2.68. The van der Waals surface area contributed by atoms with E-state index in [2.05, 4.69) is 15.4 Å². The van der Waals surface area contributed by atoms with Crippen LogP contribution in [0.4, 0.5) is 5.13 Å². The molecule has 8 heteroatoms. The molecule has 0 unspecified atom stereocenters. The Balaban J connectivity index is 1.78. The maximum Gasteiger partial charge on any atom is 0.313 e. The molecule has 0 bridgehead atoms. The number of nitrogens with zero attached hydrogens (tertiary/aromatic N) is 3. The third kappa shape index (κ3) is 2.70. The molecule has 0 saturated heterocycles. The van der Waals surface area contributed by atoms with E-state index in [0.717, 1.165) is 25.7 Å². The van der Waals surface area contributed by atoms with E-state index in [0.29, 0.717) is 23.2 Å². The second-order valence-corrected chi connectivity index (χ2v) is 6.40. The van der Waals surface area contributed by atoms with E-state index in [1.165, 1.54) is 28.1 Å². The first-order valence-electron chi connectivity index (χ1n) is 7.41. The maximum absolute atomic E-state index is 12.3. The molecule has 2 aromatic heterocycles. The smallest absolute Gasteiger partial charge is 0.313 e. The lowest BCUT2D eigenvalue weighted by molar-refractivity contribution is -0.154. The van der Waals surface area contributed by atoms with E-state index in [4.69, 9.17) is 4.74 Å². The van der Waals surface area contributed by atoms with Crippen molar-refractivity contribution in [2.75, 3.05) is 18.5 Å². The van der Waals surface area contributed by atoms with Crippen molar-refractivity contribution in [3.63, 3.8) is 0 Å². The van der Waals surface area contributed by atoms with Gasteiger partial charge < -0.3 is 10.1 Å². The van der Waals surface area contributed by atoms with Gasteiger partial charge in [0.1, 0.15) is 0 Å². The maximum atomic E-state index is 12.3. The first kappa shape index (κ1) is 15.0. The van der Waals surface area contributed by atoms with Gasteiger partial charge in [-0.05, 0) is 19.8 Å². The number of esters is 1. The highest BCUT2D eigenvalue weighted by Gasteiger charge is 2.42. The molecule has 0 aromatic carbocycles. The number of rotatable bonds is 5. The second-order valence-electron chi connectivity index (χ2n) is 5.45. The van der Waals surface area contributed by atoms with Gasteiger partial charge in [0, 0.05) is 18.8 Å². The summed E-state index contributed by atoms with van der Waals surface area (Å²) in [4.78, 5) is 28.6. The minimum atomic E-state index is -0.480. The largest absolute Gasteiger partial charge is 0.466 e. The lowest BCUT2D eigenvalue weighted by Gasteiger charge is -2.26. The molecular formula is C14H18N4O3S. The Morgan fingerprint density at radius 1 is 1.50 bits per heavy atom. The summed E-state index contributed by atoms with van der Waals surface area (Å²) < 4.78 is 6.49. The zero-order chi connectivity index (χ0) is 15.6. The van der Waals surface area contributed by atoms with Crippen molar-refractivity contribution in [1.29, 1.82) is 0 Å². The highest BCUT2D eigenvalue weighted by molar-refractivity contribution is 7.20. The van der Waals surface area contributed by atoms with Gasteiger partial charge in [-0.25, -0.2) is 4.98 Å². The number of carbonyl (C=O) groups is 1. The number of aromatic nitrogens is 3. The Hall–Kier alpha value is -1.96. The second kappa shape index (κ2) is 6.04. The molecular weight excluding hydrogens is 304 g/mol. The SMILES string of the molecule is CCOC(=O)C1(CNc2nn3c(=O)ccnc3s2)CCCC1. The van der Waals surface area contributed by atoms with Crippen LogP contribution in [0.25, 0.3) is 4.96 Å². The number of hydrogen-bond donors (Lipinski definition) is 1. The van der Waals surface area contributed by atoms with Crippen LogP contribution < -0.4 is 10.9 Å². The molecule has 7 nitrogen and oxygen atoms in total. The number of fused-ring (bicyclic) bond motifs is 1. The summed E-state index contributed by atoms with van der Waals surface area (Å²) in [7, 11) is 0. The van der Waals surface area contributed by atoms with Crippen molar-refractivity contribution in [2.45, 2.75) is 32.6 Å². The summed E-state index contributed by atoms with van der Waals surface area (Å²) in [5.74, 6) is -0.142. The first-order chi connectivity index (χ1) is 10.6. The zero-order valence-corrected chi connectivity index (χ0v) is 13.2.